The molecule has 28 heavy (non-hydrogen) atoms. The third-order valence-corrected chi connectivity index (χ3v) is 6.89. The molecule has 2 amide bonds. The number of aryl methyl sites for hydroxylation is 2. The zero-order valence-corrected chi connectivity index (χ0v) is 16.2. The second-order valence-electron chi connectivity index (χ2n) is 7.35. The lowest BCUT2D eigenvalue weighted by Gasteiger charge is -2.23. The predicted molar refractivity (Wildman–Crippen MR) is 106 cm³/mol. The summed E-state index contributed by atoms with van der Waals surface area (Å²) in [4.78, 5) is 26.7. The minimum atomic E-state index is -3.30. The summed E-state index contributed by atoms with van der Waals surface area (Å²) >= 11 is 0. The smallest absolute Gasteiger partial charge is 0.288 e. The molecule has 2 aromatic carbocycles. The van der Waals surface area contributed by atoms with E-state index in [0.29, 0.717) is 11.4 Å². The van der Waals surface area contributed by atoms with Crippen molar-refractivity contribution in [2.45, 2.75) is 25.9 Å². The Morgan fingerprint density at radius 2 is 1.43 bits per heavy atom. The number of urea groups is 1. The van der Waals surface area contributed by atoms with E-state index in [4.69, 9.17) is 0 Å². The summed E-state index contributed by atoms with van der Waals surface area (Å²) in [5, 5.41) is 10.9. The van der Waals surface area contributed by atoms with Crippen molar-refractivity contribution < 1.29 is 18.1 Å². The fourth-order valence-electron chi connectivity index (χ4n) is 4.13. The first-order valence-electron chi connectivity index (χ1n) is 8.82. The first-order valence-corrected chi connectivity index (χ1v) is 10.6. The van der Waals surface area contributed by atoms with Crippen LogP contribution >= 0.6 is 0 Å². The largest absolute Gasteiger partial charge is 0.329 e. The molecule has 8 nitrogen and oxygen atoms in total. The molecule has 2 heterocycles. The van der Waals surface area contributed by atoms with E-state index < -0.39 is 26.8 Å². The third-order valence-electron chi connectivity index (χ3n) is 5.19. The van der Waals surface area contributed by atoms with Gasteiger partial charge in [-0.3, -0.25) is 19.9 Å². The highest BCUT2D eigenvalue weighted by molar-refractivity contribution is 7.91. The summed E-state index contributed by atoms with van der Waals surface area (Å²) in [6.45, 7) is 3.85. The standard InChI is InChI=1S/C19H19N3O5S/c1-12-7-13(2)9-16(8-12)21-18-11-28(26,27)10-17(18)20(19(21)23)14-3-5-15(6-4-14)22(24)25/h3-9,17-18H,10-11H2,1-2H3. The quantitative estimate of drug-likeness (QED) is 0.447. The number of nitro benzene ring substituents is 1. The number of fused-ring (bicyclic) bond motifs is 1. The van der Waals surface area contributed by atoms with E-state index in [1.807, 2.05) is 32.0 Å². The number of carbonyl (C=O) groups excluding carboxylic acids is 1. The zero-order chi connectivity index (χ0) is 20.2. The summed E-state index contributed by atoms with van der Waals surface area (Å²) in [5.41, 5.74) is 2.99. The van der Waals surface area contributed by atoms with Crippen molar-refractivity contribution in [2.24, 2.45) is 0 Å². The average molecular weight is 401 g/mol. The van der Waals surface area contributed by atoms with Gasteiger partial charge >= 0.3 is 6.03 Å². The molecule has 2 aromatic rings. The van der Waals surface area contributed by atoms with Gasteiger partial charge in [-0.1, -0.05) is 6.07 Å². The van der Waals surface area contributed by atoms with Crippen LogP contribution in [0, 0.1) is 24.0 Å². The van der Waals surface area contributed by atoms with Crippen LogP contribution in [0.2, 0.25) is 0 Å². The normalized spacial score (nSPS) is 23.1. The first-order chi connectivity index (χ1) is 13.2. The molecule has 0 N–H and O–H groups in total. The average Bonchev–Trinajstić information content (AvgIpc) is 3.02. The Balaban J connectivity index is 1.79. The summed E-state index contributed by atoms with van der Waals surface area (Å²) in [7, 11) is -3.30. The molecule has 0 radical (unpaired) electrons. The monoisotopic (exact) mass is 401 g/mol. The van der Waals surface area contributed by atoms with Crippen LogP contribution in [0.4, 0.5) is 21.9 Å². The summed E-state index contributed by atoms with van der Waals surface area (Å²) in [6, 6.07) is 10.0. The van der Waals surface area contributed by atoms with E-state index in [2.05, 4.69) is 0 Å². The van der Waals surface area contributed by atoms with Crippen LogP contribution < -0.4 is 9.80 Å². The molecule has 2 unspecified atom stereocenters. The van der Waals surface area contributed by atoms with Gasteiger partial charge < -0.3 is 0 Å². The van der Waals surface area contributed by atoms with Crippen molar-refractivity contribution in [3.8, 4) is 0 Å². The predicted octanol–water partition coefficient (Wildman–Crippen LogP) is 2.82. The van der Waals surface area contributed by atoms with Crippen LogP contribution in [0.3, 0.4) is 0 Å². The summed E-state index contributed by atoms with van der Waals surface area (Å²) in [5.74, 6) is -0.221. The molecule has 0 aromatic heterocycles. The van der Waals surface area contributed by atoms with Gasteiger partial charge in [-0.2, -0.15) is 0 Å². The van der Waals surface area contributed by atoms with Crippen LogP contribution in [0.25, 0.3) is 0 Å². The highest BCUT2D eigenvalue weighted by Crippen LogP contribution is 2.38. The molecule has 2 aliphatic rings. The van der Waals surface area contributed by atoms with E-state index in [-0.39, 0.29) is 23.2 Å². The molecular formula is C19H19N3O5S. The Morgan fingerprint density at radius 1 is 0.929 bits per heavy atom. The van der Waals surface area contributed by atoms with Crippen molar-refractivity contribution in [2.75, 3.05) is 21.3 Å². The van der Waals surface area contributed by atoms with Gasteiger partial charge in [0.15, 0.2) is 9.84 Å². The van der Waals surface area contributed by atoms with E-state index in [0.717, 1.165) is 11.1 Å². The number of nitro groups is 1. The van der Waals surface area contributed by atoms with E-state index in [1.54, 1.807) is 4.90 Å². The Bertz CT molecular complexity index is 1060. The van der Waals surface area contributed by atoms with Gasteiger partial charge in [0.25, 0.3) is 5.69 Å². The second kappa shape index (κ2) is 6.30. The molecule has 2 saturated heterocycles. The third kappa shape index (κ3) is 3.01. The van der Waals surface area contributed by atoms with Gasteiger partial charge in [-0.25, -0.2) is 13.2 Å². The highest BCUT2D eigenvalue weighted by Gasteiger charge is 2.54. The number of rotatable bonds is 3. The van der Waals surface area contributed by atoms with Crippen LogP contribution in [-0.2, 0) is 9.84 Å². The van der Waals surface area contributed by atoms with Crippen LogP contribution in [0.15, 0.2) is 42.5 Å². The minimum Gasteiger partial charge on any atom is -0.288 e. The molecular weight excluding hydrogens is 382 g/mol. The number of nitrogens with zero attached hydrogens (tertiary/aromatic N) is 3. The molecule has 0 bridgehead atoms. The number of hydrogen-bond acceptors (Lipinski definition) is 5. The number of sulfone groups is 1. The zero-order valence-electron chi connectivity index (χ0n) is 15.4. The summed E-state index contributed by atoms with van der Waals surface area (Å²) < 4.78 is 24.7. The van der Waals surface area contributed by atoms with Crippen LogP contribution in [0.5, 0.6) is 0 Å². The molecule has 2 atom stereocenters. The Hall–Kier alpha value is -2.94. The SMILES string of the molecule is Cc1cc(C)cc(N2C(=O)N(c3ccc([N+](=O)[O-])cc3)C3CS(=O)(=O)CC32)c1. The molecule has 2 aliphatic heterocycles. The van der Waals surface area contributed by atoms with Crippen molar-refractivity contribution in [3.05, 3.63) is 63.7 Å². The molecule has 0 aliphatic carbocycles. The number of carbonyl (C=O) groups is 1. The maximum absolute atomic E-state index is 13.3. The number of non-ortho nitro benzene ring substituents is 1. The summed E-state index contributed by atoms with van der Waals surface area (Å²) in [6.07, 6.45) is 0. The van der Waals surface area contributed by atoms with Gasteiger partial charge in [0.2, 0.25) is 0 Å². The lowest BCUT2D eigenvalue weighted by atomic mass is 10.1. The number of hydrogen-bond donors (Lipinski definition) is 0. The second-order valence-corrected chi connectivity index (χ2v) is 9.51. The molecule has 2 fully saturated rings. The maximum Gasteiger partial charge on any atom is 0.329 e. The molecule has 146 valence electrons. The van der Waals surface area contributed by atoms with Gasteiger partial charge in [0, 0.05) is 23.5 Å². The van der Waals surface area contributed by atoms with Crippen molar-refractivity contribution in [3.63, 3.8) is 0 Å². The molecule has 0 saturated carbocycles. The van der Waals surface area contributed by atoms with Crippen LogP contribution in [-0.4, -0.2) is 43.0 Å². The van der Waals surface area contributed by atoms with Gasteiger partial charge in [-0.05, 0) is 49.2 Å². The van der Waals surface area contributed by atoms with Gasteiger partial charge in [0.05, 0.1) is 28.5 Å². The van der Waals surface area contributed by atoms with E-state index in [1.165, 1.54) is 29.2 Å². The van der Waals surface area contributed by atoms with Crippen LogP contribution in [0.1, 0.15) is 11.1 Å². The fraction of sp³-hybridized carbons (Fsp3) is 0.316. The number of benzene rings is 2. The lowest BCUT2D eigenvalue weighted by molar-refractivity contribution is -0.384. The van der Waals surface area contributed by atoms with E-state index >= 15 is 0 Å². The maximum atomic E-state index is 13.3. The topological polar surface area (TPSA) is 101 Å². The number of anilines is 2. The lowest BCUT2D eigenvalue weighted by Crippen LogP contribution is -2.38. The Labute approximate surface area is 162 Å². The molecule has 4 rings (SSSR count). The van der Waals surface area contributed by atoms with Gasteiger partial charge in [-0.15, -0.1) is 0 Å². The fourth-order valence-corrected chi connectivity index (χ4v) is 6.05. The first kappa shape index (κ1) is 18.4. The number of amides is 2. The Kier molecular flexibility index (Phi) is 4.15. The minimum absolute atomic E-state index is 0.0860. The highest BCUT2D eigenvalue weighted by atomic mass is 32.2. The van der Waals surface area contributed by atoms with Crippen molar-refractivity contribution in [1.29, 1.82) is 0 Å². The van der Waals surface area contributed by atoms with Gasteiger partial charge in [0.1, 0.15) is 0 Å². The van der Waals surface area contributed by atoms with Crippen molar-refractivity contribution >= 4 is 32.9 Å². The van der Waals surface area contributed by atoms with Crippen molar-refractivity contribution in [1.82, 2.24) is 0 Å². The van der Waals surface area contributed by atoms with E-state index in [9.17, 15) is 23.3 Å². The molecule has 0 spiro atoms. The Morgan fingerprint density at radius 3 is 1.93 bits per heavy atom. The molecule has 9 heteroatoms.